The fourth-order valence-corrected chi connectivity index (χ4v) is 2.43. The van der Waals surface area contributed by atoms with Crippen LogP contribution in [-0.2, 0) is 16.0 Å². The van der Waals surface area contributed by atoms with Gasteiger partial charge in [0.1, 0.15) is 11.5 Å². The van der Waals surface area contributed by atoms with Crippen molar-refractivity contribution in [2.24, 2.45) is 0 Å². The van der Waals surface area contributed by atoms with Gasteiger partial charge in [-0.1, -0.05) is 0 Å². The second kappa shape index (κ2) is 8.60. The lowest BCUT2D eigenvalue weighted by Gasteiger charge is -2.26. The van der Waals surface area contributed by atoms with Gasteiger partial charge in [0, 0.05) is 31.7 Å². The molecule has 0 aliphatic carbocycles. The number of carbonyl (C=O) groups is 1. The van der Waals surface area contributed by atoms with Gasteiger partial charge in [0.05, 0.1) is 33.9 Å². The summed E-state index contributed by atoms with van der Waals surface area (Å²) in [5.74, 6) is 1.40. The maximum atomic E-state index is 12.1. The maximum absolute atomic E-state index is 12.1. The minimum atomic E-state index is -0.0141. The fraction of sp³-hybridized carbons (Fsp3) is 0.562. The smallest absolute Gasteiger partial charge is 0.224 e. The summed E-state index contributed by atoms with van der Waals surface area (Å²) in [4.78, 5) is 14.4. The van der Waals surface area contributed by atoms with Crippen molar-refractivity contribution in [2.75, 3.05) is 53.6 Å². The first-order chi connectivity index (χ1) is 10.7. The lowest BCUT2D eigenvalue weighted by molar-refractivity contribution is -0.120. The Hall–Kier alpha value is -1.79. The van der Waals surface area contributed by atoms with Gasteiger partial charge in [-0.05, 0) is 18.2 Å². The van der Waals surface area contributed by atoms with E-state index in [4.69, 9.17) is 14.2 Å². The third kappa shape index (κ3) is 4.89. The zero-order valence-corrected chi connectivity index (χ0v) is 13.3. The van der Waals surface area contributed by atoms with E-state index < -0.39 is 0 Å². The molecule has 0 atom stereocenters. The summed E-state index contributed by atoms with van der Waals surface area (Å²) in [5, 5.41) is 2.95. The highest BCUT2D eigenvalue weighted by Gasteiger charge is 2.12. The predicted octanol–water partition coefficient (Wildman–Crippen LogP) is 0.695. The van der Waals surface area contributed by atoms with Crippen molar-refractivity contribution in [1.82, 2.24) is 10.2 Å². The molecule has 1 aliphatic heterocycles. The Bertz CT molecular complexity index is 487. The predicted molar refractivity (Wildman–Crippen MR) is 83.5 cm³/mol. The molecule has 2 rings (SSSR count). The highest BCUT2D eigenvalue weighted by molar-refractivity contribution is 5.79. The molecule has 1 fully saturated rings. The van der Waals surface area contributed by atoms with Crippen molar-refractivity contribution >= 4 is 5.91 Å². The summed E-state index contributed by atoms with van der Waals surface area (Å²) in [6, 6.07) is 5.47. The molecule has 6 nitrogen and oxygen atoms in total. The van der Waals surface area contributed by atoms with Crippen LogP contribution in [0.25, 0.3) is 0 Å². The first-order valence-electron chi connectivity index (χ1n) is 7.50. The molecule has 0 unspecified atom stereocenters. The number of rotatable bonds is 7. The molecule has 0 saturated carbocycles. The number of morpholine rings is 1. The van der Waals surface area contributed by atoms with E-state index in [2.05, 4.69) is 10.2 Å². The topological polar surface area (TPSA) is 60.0 Å². The fourth-order valence-electron chi connectivity index (χ4n) is 2.43. The number of benzene rings is 1. The molecule has 22 heavy (non-hydrogen) atoms. The lowest BCUT2D eigenvalue weighted by atomic mass is 10.1. The van der Waals surface area contributed by atoms with Crippen molar-refractivity contribution in [3.05, 3.63) is 23.8 Å². The van der Waals surface area contributed by atoms with Crippen molar-refractivity contribution in [3.63, 3.8) is 0 Å². The van der Waals surface area contributed by atoms with Gasteiger partial charge in [-0.25, -0.2) is 0 Å². The van der Waals surface area contributed by atoms with Crippen LogP contribution in [0.5, 0.6) is 11.5 Å². The SMILES string of the molecule is COc1ccc(OC)c(CC(=O)NCCN2CCOCC2)c1. The normalized spacial score (nSPS) is 15.4. The first kappa shape index (κ1) is 16.6. The highest BCUT2D eigenvalue weighted by Crippen LogP contribution is 2.24. The molecule has 122 valence electrons. The van der Waals surface area contributed by atoms with Crippen LogP contribution >= 0.6 is 0 Å². The van der Waals surface area contributed by atoms with E-state index in [-0.39, 0.29) is 12.3 Å². The molecule has 0 bridgehead atoms. The second-order valence-corrected chi connectivity index (χ2v) is 5.16. The van der Waals surface area contributed by atoms with Crippen LogP contribution in [0.2, 0.25) is 0 Å². The van der Waals surface area contributed by atoms with E-state index in [1.54, 1.807) is 14.2 Å². The highest BCUT2D eigenvalue weighted by atomic mass is 16.5. The number of ether oxygens (including phenoxy) is 3. The molecular weight excluding hydrogens is 284 g/mol. The Kier molecular flexibility index (Phi) is 6.48. The van der Waals surface area contributed by atoms with E-state index in [0.717, 1.165) is 44.2 Å². The molecule has 0 radical (unpaired) electrons. The van der Waals surface area contributed by atoms with Gasteiger partial charge in [-0.2, -0.15) is 0 Å². The third-order valence-electron chi connectivity index (χ3n) is 3.69. The number of nitrogens with one attached hydrogen (secondary N) is 1. The average Bonchev–Trinajstić information content (AvgIpc) is 2.55. The molecule has 6 heteroatoms. The molecule has 1 amide bonds. The zero-order chi connectivity index (χ0) is 15.8. The Morgan fingerprint density at radius 3 is 2.73 bits per heavy atom. The molecule has 1 aromatic carbocycles. The van der Waals surface area contributed by atoms with E-state index in [1.165, 1.54) is 0 Å². The van der Waals surface area contributed by atoms with Crippen molar-refractivity contribution in [1.29, 1.82) is 0 Å². The summed E-state index contributed by atoms with van der Waals surface area (Å²) in [6.07, 6.45) is 0.281. The van der Waals surface area contributed by atoms with E-state index in [0.29, 0.717) is 12.3 Å². The Balaban J connectivity index is 1.80. The molecular formula is C16H24N2O4. The Labute approximate surface area is 131 Å². The molecule has 0 spiro atoms. The van der Waals surface area contributed by atoms with E-state index in [9.17, 15) is 4.79 Å². The minimum absolute atomic E-state index is 0.0141. The Morgan fingerprint density at radius 1 is 1.27 bits per heavy atom. The number of amides is 1. The summed E-state index contributed by atoms with van der Waals surface area (Å²) in [5.41, 5.74) is 0.825. The van der Waals surface area contributed by atoms with E-state index in [1.807, 2.05) is 18.2 Å². The monoisotopic (exact) mass is 308 g/mol. The van der Waals surface area contributed by atoms with Gasteiger partial charge < -0.3 is 19.5 Å². The molecule has 0 aromatic heterocycles. The first-order valence-corrected chi connectivity index (χ1v) is 7.50. The number of nitrogens with zero attached hydrogens (tertiary/aromatic N) is 1. The second-order valence-electron chi connectivity index (χ2n) is 5.16. The summed E-state index contributed by atoms with van der Waals surface area (Å²) in [7, 11) is 3.20. The molecule has 1 N–H and O–H groups in total. The Morgan fingerprint density at radius 2 is 2.05 bits per heavy atom. The number of hydrogen-bond donors (Lipinski definition) is 1. The summed E-state index contributed by atoms with van der Waals surface area (Å²) in [6.45, 7) is 4.90. The van der Waals surface area contributed by atoms with Gasteiger partial charge >= 0.3 is 0 Å². The van der Waals surface area contributed by atoms with Crippen LogP contribution in [0.3, 0.4) is 0 Å². The van der Waals surface area contributed by atoms with Gasteiger partial charge in [-0.15, -0.1) is 0 Å². The van der Waals surface area contributed by atoms with Crippen LogP contribution in [0.15, 0.2) is 18.2 Å². The quantitative estimate of drug-likeness (QED) is 0.803. The average molecular weight is 308 g/mol. The summed E-state index contributed by atoms with van der Waals surface area (Å²) >= 11 is 0. The van der Waals surface area contributed by atoms with Crippen molar-refractivity contribution < 1.29 is 19.0 Å². The zero-order valence-electron chi connectivity index (χ0n) is 13.3. The van der Waals surface area contributed by atoms with Crippen LogP contribution in [-0.4, -0.2) is 64.4 Å². The van der Waals surface area contributed by atoms with Gasteiger partial charge in [-0.3, -0.25) is 9.69 Å². The van der Waals surface area contributed by atoms with Crippen LogP contribution in [0.1, 0.15) is 5.56 Å². The molecule has 1 aromatic rings. The summed E-state index contributed by atoms with van der Waals surface area (Å²) < 4.78 is 15.8. The minimum Gasteiger partial charge on any atom is -0.497 e. The lowest BCUT2D eigenvalue weighted by Crippen LogP contribution is -2.41. The largest absolute Gasteiger partial charge is 0.497 e. The number of hydrogen-bond acceptors (Lipinski definition) is 5. The maximum Gasteiger partial charge on any atom is 0.224 e. The van der Waals surface area contributed by atoms with Crippen LogP contribution < -0.4 is 14.8 Å². The molecule has 1 saturated heterocycles. The third-order valence-corrected chi connectivity index (χ3v) is 3.69. The molecule has 1 aliphatic rings. The molecule has 1 heterocycles. The van der Waals surface area contributed by atoms with Gasteiger partial charge in [0.2, 0.25) is 5.91 Å². The van der Waals surface area contributed by atoms with Crippen molar-refractivity contribution in [2.45, 2.75) is 6.42 Å². The number of carbonyl (C=O) groups excluding carboxylic acids is 1. The van der Waals surface area contributed by atoms with Crippen LogP contribution in [0.4, 0.5) is 0 Å². The number of methoxy groups -OCH3 is 2. The van der Waals surface area contributed by atoms with Crippen molar-refractivity contribution in [3.8, 4) is 11.5 Å². The van der Waals surface area contributed by atoms with Gasteiger partial charge in [0.15, 0.2) is 0 Å². The van der Waals surface area contributed by atoms with Gasteiger partial charge in [0.25, 0.3) is 0 Å². The standard InChI is InChI=1S/C16H24N2O4/c1-20-14-3-4-15(21-2)13(11-14)12-16(19)17-5-6-18-7-9-22-10-8-18/h3-4,11H,5-10,12H2,1-2H3,(H,17,19). The van der Waals surface area contributed by atoms with E-state index >= 15 is 0 Å². The van der Waals surface area contributed by atoms with Crippen LogP contribution in [0, 0.1) is 0 Å².